The number of aliphatic hydroxyl groups is 1. The highest BCUT2D eigenvalue weighted by Gasteiger charge is 2.42. The molecule has 9 atom stereocenters. The number of likely N-dealkylation sites (N-methyl/N-ethyl adjacent to an activating group) is 6. The molecule has 0 aliphatic carbocycles. The van der Waals surface area contributed by atoms with E-state index in [9.17, 15) is 53.1 Å². The minimum absolute atomic E-state index is 0.0345. The molecule has 0 aromatic heterocycles. The Bertz CT molecular complexity index is 2240. The van der Waals surface area contributed by atoms with E-state index in [1.165, 1.54) is 87.6 Å². The number of ether oxygens (including phenoxy) is 1. The average molecular weight is 1100 g/mol. The summed E-state index contributed by atoms with van der Waals surface area (Å²) in [6, 6.07) is 2.03. The fourth-order valence-corrected chi connectivity index (χ4v) is 9.96. The van der Waals surface area contributed by atoms with Gasteiger partial charge in [0, 0.05) is 87.0 Å². The molecule has 2 N–H and O–H groups in total. The van der Waals surface area contributed by atoms with Gasteiger partial charge in [-0.3, -0.25) is 47.9 Å². The summed E-state index contributed by atoms with van der Waals surface area (Å²) in [4.78, 5) is 153. The van der Waals surface area contributed by atoms with Crippen molar-refractivity contribution in [1.82, 2.24) is 39.6 Å². The third-order valence-corrected chi connectivity index (χ3v) is 15.4. The van der Waals surface area contributed by atoms with Crippen LogP contribution in [0, 0.1) is 23.7 Å². The molecule has 0 spiro atoms. The second-order valence-electron chi connectivity index (χ2n) is 23.7. The third kappa shape index (κ3) is 19.0. The first-order valence-corrected chi connectivity index (χ1v) is 27.9. The van der Waals surface area contributed by atoms with Crippen molar-refractivity contribution in [2.75, 3.05) is 68.5 Å². The molecule has 0 radical (unpaired) electrons. The maximum absolute atomic E-state index is 14.9. The van der Waals surface area contributed by atoms with Crippen molar-refractivity contribution in [3.8, 4) is 0 Å². The molecule has 2 heterocycles. The van der Waals surface area contributed by atoms with Crippen LogP contribution in [0.5, 0.6) is 0 Å². The Morgan fingerprint density at radius 2 is 1.19 bits per heavy atom. The smallest absolute Gasteiger partial charge is 0.246 e. The molecule has 1 aromatic rings. The van der Waals surface area contributed by atoms with Crippen LogP contribution in [0.4, 0.5) is 0 Å². The SMILES string of the molecule is CC(C)C[C@H]1C(=O)N[C@@H](COC(C)(C)C)C(=O)C[C@H](C(=O)N2CCCCC2)CCC(=O)N(C)[C@@H](C)C(=O)N(C)[C@@H](C)C(=O)N(C)[C@@H](Cc2ccccc2)C(=O)N(C)[C@@H](CC(C)C)C(=O)C[C@@H]([C@@H](C)O)C(=O)N(C)CC(=O)N1C. The van der Waals surface area contributed by atoms with Gasteiger partial charge >= 0.3 is 0 Å². The number of rotatable bonds is 10. The molecular formula is C58H94N8O12. The number of likely N-dealkylation sites (tertiary alicyclic amines) is 1. The van der Waals surface area contributed by atoms with Crippen molar-refractivity contribution in [2.45, 2.75) is 181 Å². The molecule has 2 saturated heterocycles. The number of amides is 8. The van der Waals surface area contributed by atoms with E-state index >= 15 is 0 Å². The standard InChI is InChI=1S/C58H94N8O12/c1-36(2)29-45-49(69)33-43(40(7)67)56(76)60(11)34-51(71)63(14)46(30-37(3)4)52(72)59-44(35-78-58(8,9)10)48(68)32-42(55(75)66-27-21-18-22-28-66)25-26-50(70)61(12)38(5)53(73)62(13)39(6)54(74)65(16)47(57(77)64(45)15)31-41-23-19-17-20-24-41/h17,19-20,23-24,36-40,42-47,67H,18,21-22,25-35H2,1-16H3,(H,59,72)/t38-,39-,40+,42+,43-,44-,45-,46-,47-/m0/s1. The first-order chi connectivity index (χ1) is 36.3. The number of carbonyl (C=O) groups is 10. The number of carbonyl (C=O) groups excluding carboxylic acids is 10. The van der Waals surface area contributed by atoms with Crippen molar-refractivity contribution in [2.24, 2.45) is 23.7 Å². The maximum atomic E-state index is 14.9. The fourth-order valence-electron chi connectivity index (χ4n) is 9.96. The van der Waals surface area contributed by atoms with E-state index in [0.29, 0.717) is 18.7 Å². The Balaban J connectivity index is 2.22. The lowest BCUT2D eigenvalue weighted by atomic mass is 9.89. The summed E-state index contributed by atoms with van der Waals surface area (Å²) in [5, 5.41) is 13.9. The summed E-state index contributed by atoms with van der Waals surface area (Å²) < 4.78 is 6.08. The monoisotopic (exact) mass is 1090 g/mol. The Kier molecular flexibility index (Phi) is 25.6. The Morgan fingerprint density at radius 1 is 0.654 bits per heavy atom. The number of benzene rings is 1. The molecule has 2 aliphatic heterocycles. The zero-order valence-corrected chi connectivity index (χ0v) is 49.7. The summed E-state index contributed by atoms with van der Waals surface area (Å²) >= 11 is 0. The summed E-state index contributed by atoms with van der Waals surface area (Å²) in [5.41, 5.74) is -0.0489. The zero-order chi connectivity index (χ0) is 59.1. The van der Waals surface area contributed by atoms with Crippen LogP contribution in [0.25, 0.3) is 0 Å². The molecule has 20 nitrogen and oxygen atoms in total. The van der Waals surface area contributed by atoms with Crippen LogP contribution in [0.2, 0.25) is 0 Å². The quantitative estimate of drug-likeness (QED) is 0.342. The first-order valence-electron chi connectivity index (χ1n) is 27.9. The van der Waals surface area contributed by atoms with Gasteiger partial charge in [-0.15, -0.1) is 0 Å². The molecule has 0 saturated carbocycles. The van der Waals surface area contributed by atoms with E-state index in [-0.39, 0.29) is 62.9 Å². The van der Waals surface area contributed by atoms with Crippen molar-refractivity contribution < 1.29 is 57.8 Å². The third-order valence-electron chi connectivity index (χ3n) is 15.4. The van der Waals surface area contributed by atoms with Gasteiger partial charge in [-0.05, 0) is 97.5 Å². The van der Waals surface area contributed by atoms with Crippen LogP contribution in [-0.4, -0.2) is 215 Å². The van der Waals surface area contributed by atoms with E-state index in [1.54, 1.807) is 49.9 Å². The molecule has 438 valence electrons. The average Bonchev–Trinajstić information content (AvgIpc) is 3.39. The maximum Gasteiger partial charge on any atom is 0.246 e. The number of aliphatic hydroxyl groups excluding tert-OH is 1. The molecule has 2 aliphatic rings. The van der Waals surface area contributed by atoms with Crippen molar-refractivity contribution >= 4 is 58.8 Å². The molecule has 8 amide bonds. The Morgan fingerprint density at radius 3 is 1.74 bits per heavy atom. The predicted octanol–water partition coefficient (Wildman–Crippen LogP) is 3.59. The molecule has 78 heavy (non-hydrogen) atoms. The van der Waals surface area contributed by atoms with Crippen LogP contribution < -0.4 is 5.32 Å². The minimum atomic E-state index is -1.38. The van der Waals surface area contributed by atoms with Gasteiger partial charge in [-0.25, -0.2) is 0 Å². The molecule has 0 unspecified atom stereocenters. The van der Waals surface area contributed by atoms with Crippen LogP contribution in [-0.2, 0) is 59.1 Å². The molecule has 3 rings (SSSR count). The van der Waals surface area contributed by atoms with Crippen LogP contribution in [0.3, 0.4) is 0 Å². The fraction of sp³-hybridized carbons (Fsp3) is 0.724. The second kappa shape index (κ2) is 30.0. The van der Waals surface area contributed by atoms with Gasteiger partial charge in [-0.2, -0.15) is 0 Å². The van der Waals surface area contributed by atoms with Gasteiger partial charge in [-0.1, -0.05) is 58.0 Å². The highest BCUT2D eigenvalue weighted by Crippen LogP contribution is 2.25. The number of nitrogens with one attached hydrogen (secondary N) is 1. The van der Waals surface area contributed by atoms with Gasteiger partial charge in [0.15, 0.2) is 11.6 Å². The van der Waals surface area contributed by atoms with Crippen molar-refractivity contribution in [1.29, 1.82) is 0 Å². The lowest BCUT2D eigenvalue weighted by molar-refractivity contribution is -0.153. The summed E-state index contributed by atoms with van der Waals surface area (Å²) in [5.74, 6) is -8.31. The van der Waals surface area contributed by atoms with E-state index < -0.39 is 126 Å². The number of hydrogen-bond acceptors (Lipinski definition) is 12. The second-order valence-corrected chi connectivity index (χ2v) is 23.7. The van der Waals surface area contributed by atoms with Gasteiger partial charge < -0.3 is 49.5 Å². The lowest BCUT2D eigenvalue weighted by Gasteiger charge is -2.38. The summed E-state index contributed by atoms with van der Waals surface area (Å²) in [7, 11) is 8.57. The Hall–Kier alpha value is -5.76. The van der Waals surface area contributed by atoms with E-state index in [2.05, 4.69) is 5.32 Å². The summed E-state index contributed by atoms with van der Waals surface area (Å²) in [6.45, 7) is 17.3. The van der Waals surface area contributed by atoms with Crippen molar-refractivity contribution in [3.05, 3.63) is 35.9 Å². The highest BCUT2D eigenvalue weighted by molar-refractivity contribution is 5.98. The van der Waals surface area contributed by atoms with E-state index in [0.717, 1.165) is 24.2 Å². The zero-order valence-electron chi connectivity index (χ0n) is 49.7. The number of piperidine rings is 1. The minimum Gasteiger partial charge on any atom is -0.393 e. The van der Waals surface area contributed by atoms with Crippen LogP contribution >= 0.6 is 0 Å². The summed E-state index contributed by atoms with van der Waals surface area (Å²) in [6.07, 6.45) is 0.285. The number of nitrogens with zero attached hydrogens (tertiary/aromatic N) is 7. The lowest BCUT2D eigenvalue weighted by Crippen LogP contribution is -2.58. The highest BCUT2D eigenvalue weighted by atomic mass is 16.5. The van der Waals surface area contributed by atoms with E-state index in [1.807, 2.05) is 33.8 Å². The predicted molar refractivity (Wildman–Crippen MR) is 296 cm³/mol. The molecular weight excluding hydrogens is 1000 g/mol. The van der Waals surface area contributed by atoms with Crippen LogP contribution in [0.1, 0.15) is 133 Å². The van der Waals surface area contributed by atoms with Gasteiger partial charge in [0.25, 0.3) is 0 Å². The Labute approximate surface area is 464 Å². The van der Waals surface area contributed by atoms with Gasteiger partial charge in [0.1, 0.15) is 30.2 Å². The first kappa shape index (κ1) is 66.5. The van der Waals surface area contributed by atoms with Crippen molar-refractivity contribution in [3.63, 3.8) is 0 Å². The normalized spacial score (nSPS) is 26.4. The number of Topliss-reactive ketones (excluding diaryl/α,β-unsaturated/α-hetero) is 2. The topological polar surface area (TPSA) is 235 Å². The van der Waals surface area contributed by atoms with Gasteiger partial charge in [0.2, 0.25) is 47.3 Å². The largest absolute Gasteiger partial charge is 0.393 e. The van der Waals surface area contributed by atoms with Gasteiger partial charge in [0.05, 0.1) is 36.8 Å². The number of hydrogen-bond donors (Lipinski definition) is 2. The van der Waals surface area contributed by atoms with E-state index in [4.69, 9.17) is 4.74 Å². The van der Waals surface area contributed by atoms with Crippen LogP contribution in [0.15, 0.2) is 30.3 Å². The number of ketones is 2. The molecule has 20 heteroatoms. The molecule has 1 aromatic carbocycles. The molecule has 0 bridgehead atoms. The molecule has 2 fully saturated rings.